The molecule has 3 rings (SSSR count). The summed E-state index contributed by atoms with van der Waals surface area (Å²) in [6, 6.07) is 15.0. The van der Waals surface area contributed by atoms with Crippen LogP contribution in [0.1, 0.15) is 18.7 Å². The van der Waals surface area contributed by atoms with Gasteiger partial charge < -0.3 is 0 Å². The van der Waals surface area contributed by atoms with E-state index >= 15 is 0 Å². The maximum Gasteiger partial charge on any atom is 0.246 e. The van der Waals surface area contributed by atoms with Crippen molar-refractivity contribution in [2.75, 3.05) is 12.8 Å². The maximum atomic E-state index is 13.4. The molecule has 3 aromatic rings. The van der Waals surface area contributed by atoms with Crippen molar-refractivity contribution in [1.29, 1.82) is 0 Å². The summed E-state index contributed by atoms with van der Waals surface area (Å²) in [5.74, 6) is 0.0805. The highest BCUT2D eigenvalue weighted by Crippen LogP contribution is 2.35. The molecular weight excluding hydrogens is 509 g/mol. The van der Waals surface area contributed by atoms with Crippen molar-refractivity contribution in [2.45, 2.75) is 30.2 Å². The topological polar surface area (TPSA) is 71.5 Å². The highest BCUT2D eigenvalue weighted by Gasteiger charge is 2.30. The van der Waals surface area contributed by atoms with Gasteiger partial charge in [0.15, 0.2) is 9.84 Å². The van der Waals surface area contributed by atoms with Gasteiger partial charge in [0.05, 0.1) is 14.9 Å². The molecule has 0 atom stereocenters. The Balaban J connectivity index is 1.96. The van der Waals surface area contributed by atoms with Crippen LogP contribution in [-0.2, 0) is 26.4 Å². The van der Waals surface area contributed by atoms with Crippen molar-refractivity contribution >= 4 is 54.4 Å². The molecule has 0 bridgehead atoms. The summed E-state index contributed by atoms with van der Waals surface area (Å²) in [6.45, 7) is 4.32. The molecule has 10 heteroatoms. The first-order valence-corrected chi connectivity index (χ1v) is 14.6. The van der Waals surface area contributed by atoms with Crippen LogP contribution in [0.3, 0.4) is 0 Å². The average molecular weight is 533 g/mol. The van der Waals surface area contributed by atoms with Gasteiger partial charge in [0.25, 0.3) is 0 Å². The molecule has 2 aromatic carbocycles. The number of benzene rings is 2. The summed E-state index contributed by atoms with van der Waals surface area (Å²) in [5, 5.41) is 0.159. The fourth-order valence-electron chi connectivity index (χ4n) is 3.18. The van der Waals surface area contributed by atoms with Crippen molar-refractivity contribution in [3.8, 4) is 10.4 Å². The largest absolute Gasteiger partial charge is 0.246 e. The number of hydrogen-bond acceptors (Lipinski definition) is 5. The van der Waals surface area contributed by atoms with Gasteiger partial charge in [-0.15, -0.1) is 11.3 Å². The van der Waals surface area contributed by atoms with Crippen LogP contribution in [0.25, 0.3) is 10.4 Å². The predicted molar refractivity (Wildman–Crippen MR) is 132 cm³/mol. The molecule has 1 heterocycles. The third-order valence-electron chi connectivity index (χ3n) is 4.63. The highest BCUT2D eigenvalue weighted by atomic mass is 35.5. The Bertz CT molecular complexity index is 1310. The monoisotopic (exact) mass is 531 g/mol. The predicted octanol–water partition coefficient (Wildman–Crippen LogP) is 5.97. The van der Waals surface area contributed by atoms with Crippen molar-refractivity contribution in [2.24, 2.45) is 5.92 Å². The zero-order valence-corrected chi connectivity index (χ0v) is 21.7. The van der Waals surface area contributed by atoms with Crippen LogP contribution in [0.4, 0.5) is 0 Å². The number of thiophene rings is 1. The molecule has 0 N–H and O–H groups in total. The molecule has 0 fully saturated rings. The lowest BCUT2D eigenvalue weighted by Gasteiger charge is -2.24. The third-order valence-corrected chi connectivity index (χ3v) is 9.62. The molecule has 1 aromatic heterocycles. The number of halogens is 2. The standard InChI is InChI=1S/C22H23Cl2NO4S3/c1-15(2)13-25(32(28,29)22-19(23)8-5-9-20(22)24)14-17-10-11-21(30-17)16-6-4-7-18(12-16)31(3,26)27/h4-12,15H,13-14H2,1-3H3. The first-order valence-electron chi connectivity index (χ1n) is 9.73. The van der Waals surface area contributed by atoms with Crippen LogP contribution in [-0.4, -0.2) is 33.9 Å². The molecule has 0 aliphatic rings. The lowest BCUT2D eigenvalue weighted by molar-refractivity contribution is 0.364. The normalized spacial score (nSPS) is 12.6. The van der Waals surface area contributed by atoms with E-state index in [2.05, 4.69) is 0 Å². The van der Waals surface area contributed by atoms with Crippen LogP contribution in [0.15, 0.2) is 64.4 Å². The second kappa shape index (κ2) is 9.83. The zero-order chi connectivity index (χ0) is 23.7. The van der Waals surface area contributed by atoms with Crippen molar-refractivity contribution in [3.05, 3.63) is 69.5 Å². The van der Waals surface area contributed by atoms with E-state index in [4.69, 9.17) is 23.2 Å². The fraction of sp³-hybridized carbons (Fsp3) is 0.273. The van der Waals surface area contributed by atoms with Gasteiger partial charge >= 0.3 is 0 Å². The Kier molecular flexibility index (Phi) is 7.74. The number of nitrogens with zero attached hydrogens (tertiary/aromatic N) is 1. The van der Waals surface area contributed by atoms with Gasteiger partial charge in [0.2, 0.25) is 10.0 Å². The second-order valence-electron chi connectivity index (χ2n) is 7.81. The van der Waals surface area contributed by atoms with E-state index in [-0.39, 0.29) is 32.3 Å². The van der Waals surface area contributed by atoms with E-state index in [1.54, 1.807) is 24.3 Å². The lowest BCUT2D eigenvalue weighted by Crippen LogP contribution is -2.34. The van der Waals surface area contributed by atoms with E-state index in [1.165, 1.54) is 34.0 Å². The smallest absolute Gasteiger partial charge is 0.224 e. The number of sulfone groups is 1. The quantitative estimate of drug-likeness (QED) is 0.358. The second-order valence-corrected chi connectivity index (χ2v) is 13.7. The van der Waals surface area contributed by atoms with E-state index in [0.717, 1.165) is 15.3 Å². The Labute approximate surface area is 203 Å². The van der Waals surface area contributed by atoms with E-state index in [0.29, 0.717) is 6.54 Å². The lowest BCUT2D eigenvalue weighted by atomic mass is 10.2. The summed E-state index contributed by atoms with van der Waals surface area (Å²) in [4.78, 5) is 1.81. The van der Waals surface area contributed by atoms with Crippen LogP contribution in [0.2, 0.25) is 10.0 Å². The molecule has 172 valence electrons. The minimum Gasteiger partial charge on any atom is -0.224 e. The van der Waals surface area contributed by atoms with E-state index < -0.39 is 19.9 Å². The molecule has 0 amide bonds. The molecule has 32 heavy (non-hydrogen) atoms. The summed E-state index contributed by atoms with van der Waals surface area (Å²) in [6.07, 6.45) is 1.17. The maximum absolute atomic E-state index is 13.4. The van der Waals surface area contributed by atoms with Gasteiger partial charge in [0, 0.05) is 29.1 Å². The SMILES string of the molecule is CC(C)CN(Cc1ccc(-c2cccc(S(C)(=O)=O)c2)s1)S(=O)(=O)c1c(Cl)cccc1Cl. The minimum atomic E-state index is -3.94. The van der Waals surface area contributed by atoms with Gasteiger partial charge in [-0.1, -0.05) is 55.2 Å². The summed E-state index contributed by atoms with van der Waals surface area (Å²) < 4.78 is 52.0. The molecule has 0 radical (unpaired) electrons. The molecule has 0 saturated carbocycles. The van der Waals surface area contributed by atoms with Gasteiger partial charge in [0.1, 0.15) is 4.90 Å². The van der Waals surface area contributed by atoms with Crippen molar-refractivity contribution in [3.63, 3.8) is 0 Å². The Morgan fingerprint density at radius 2 is 1.56 bits per heavy atom. The molecule has 0 aliphatic carbocycles. The zero-order valence-electron chi connectivity index (χ0n) is 17.7. The number of rotatable bonds is 8. The highest BCUT2D eigenvalue weighted by molar-refractivity contribution is 7.90. The van der Waals surface area contributed by atoms with Crippen LogP contribution in [0.5, 0.6) is 0 Å². The number of hydrogen-bond donors (Lipinski definition) is 0. The first kappa shape index (κ1) is 25.2. The molecule has 0 saturated heterocycles. The summed E-state index contributed by atoms with van der Waals surface area (Å²) in [7, 11) is -7.27. The summed E-state index contributed by atoms with van der Waals surface area (Å²) >= 11 is 13.8. The van der Waals surface area contributed by atoms with Gasteiger partial charge in [-0.2, -0.15) is 4.31 Å². The van der Waals surface area contributed by atoms with E-state index in [9.17, 15) is 16.8 Å². The average Bonchev–Trinajstić information content (AvgIpc) is 3.15. The molecule has 0 aliphatic heterocycles. The molecule has 0 spiro atoms. The van der Waals surface area contributed by atoms with Gasteiger partial charge in [-0.05, 0) is 47.9 Å². The molecule has 0 unspecified atom stereocenters. The fourth-order valence-corrected chi connectivity index (χ4v) is 7.63. The van der Waals surface area contributed by atoms with Crippen LogP contribution >= 0.6 is 34.5 Å². The van der Waals surface area contributed by atoms with E-state index in [1.807, 2.05) is 32.0 Å². The van der Waals surface area contributed by atoms with Gasteiger partial charge in [-0.3, -0.25) is 0 Å². The molecular formula is C22H23Cl2NO4S3. The van der Waals surface area contributed by atoms with Gasteiger partial charge in [-0.25, -0.2) is 16.8 Å². The van der Waals surface area contributed by atoms with Crippen LogP contribution in [0, 0.1) is 5.92 Å². The number of sulfonamides is 1. The van der Waals surface area contributed by atoms with Crippen LogP contribution < -0.4 is 0 Å². The minimum absolute atomic E-state index is 0.0794. The molecule has 5 nitrogen and oxygen atoms in total. The summed E-state index contributed by atoms with van der Waals surface area (Å²) in [5.41, 5.74) is 0.761. The Hall–Kier alpha value is -1.42. The first-order chi connectivity index (χ1) is 14.9. The van der Waals surface area contributed by atoms with Crippen molar-refractivity contribution in [1.82, 2.24) is 4.31 Å². The van der Waals surface area contributed by atoms with Crippen molar-refractivity contribution < 1.29 is 16.8 Å². The Morgan fingerprint density at radius 3 is 2.16 bits per heavy atom. The Morgan fingerprint density at radius 1 is 0.938 bits per heavy atom. The third kappa shape index (κ3) is 5.73.